The number of rotatable bonds is 5. The van der Waals surface area contributed by atoms with E-state index in [9.17, 15) is 14.4 Å². The molecule has 2 aromatic carbocycles. The highest BCUT2D eigenvalue weighted by molar-refractivity contribution is 6.99. The molecule has 0 atom stereocenters. The Hall–Kier alpha value is -2.97. The van der Waals surface area contributed by atoms with Gasteiger partial charge < -0.3 is 9.53 Å². The van der Waals surface area contributed by atoms with Crippen molar-refractivity contribution in [1.29, 1.82) is 0 Å². The van der Waals surface area contributed by atoms with Gasteiger partial charge in [0.2, 0.25) is 0 Å². The molecule has 0 heterocycles. The molecule has 0 saturated carbocycles. The van der Waals surface area contributed by atoms with Crippen LogP contribution in [-0.2, 0) is 18.8 Å². The van der Waals surface area contributed by atoms with Crippen molar-refractivity contribution in [2.75, 3.05) is 6.61 Å². The fourth-order valence-electron chi connectivity index (χ4n) is 3.15. The van der Waals surface area contributed by atoms with E-state index in [-0.39, 0.29) is 11.6 Å². The first-order valence-corrected chi connectivity index (χ1v) is 10.7. The number of carbonyl (C=O) groups excluding carboxylic acids is 2. The van der Waals surface area contributed by atoms with Gasteiger partial charge in [0.25, 0.3) is 14.2 Å². The van der Waals surface area contributed by atoms with E-state index < -0.39 is 26.1 Å². The highest BCUT2D eigenvalue weighted by Gasteiger charge is 2.50. The third-order valence-corrected chi connectivity index (χ3v) is 9.33. The Kier molecular flexibility index (Phi) is 6.71. The molecule has 2 amide bonds. The van der Waals surface area contributed by atoms with Gasteiger partial charge in [-0.2, -0.15) is 0 Å². The Bertz CT molecular complexity index is 795. The third kappa shape index (κ3) is 4.65. The van der Waals surface area contributed by atoms with Gasteiger partial charge in [-0.1, -0.05) is 81.4 Å². The molecule has 148 valence electrons. The van der Waals surface area contributed by atoms with Crippen LogP contribution < -0.4 is 21.2 Å². The lowest BCUT2D eigenvalue weighted by atomic mass is 10.2. The minimum atomic E-state index is -2.88. The second kappa shape index (κ2) is 8.81. The average Bonchev–Trinajstić information content (AvgIpc) is 2.67. The predicted octanol–water partition coefficient (Wildman–Crippen LogP) is 0.795. The van der Waals surface area contributed by atoms with Crippen LogP contribution in [0.4, 0.5) is 0 Å². The minimum Gasteiger partial charge on any atom is -0.474 e. The SMILES string of the molecule is CC(C)(C)[Si](OCC(=O)NNC(=O)C(=O)O)(c1ccccc1)c1ccccc1. The Morgan fingerprint density at radius 1 is 0.893 bits per heavy atom. The zero-order valence-corrected chi connectivity index (χ0v) is 17.1. The molecule has 2 rings (SSSR count). The van der Waals surface area contributed by atoms with Crippen molar-refractivity contribution in [2.45, 2.75) is 25.8 Å². The summed E-state index contributed by atoms with van der Waals surface area (Å²) >= 11 is 0. The fraction of sp³-hybridized carbons (Fsp3) is 0.250. The van der Waals surface area contributed by atoms with Gasteiger partial charge in [-0.05, 0) is 15.4 Å². The molecular formula is C20H24N2O5Si. The smallest absolute Gasteiger partial charge is 0.396 e. The number of carboxylic acid groups (broad SMARTS) is 1. The van der Waals surface area contributed by atoms with Crippen LogP contribution in [-0.4, -0.2) is 37.8 Å². The van der Waals surface area contributed by atoms with Crippen LogP contribution in [0, 0.1) is 0 Å². The summed E-state index contributed by atoms with van der Waals surface area (Å²) in [5.41, 5.74) is 3.90. The predicted molar refractivity (Wildman–Crippen MR) is 107 cm³/mol. The number of amides is 2. The number of hydrogen-bond acceptors (Lipinski definition) is 4. The molecule has 0 aliphatic heterocycles. The molecule has 2 aromatic rings. The molecule has 3 N–H and O–H groups in total. The van der Waals surface area contributed by atoms with Gasteiger partial charge in [0.1, 0.15) is 6.61 Å². The molecule has 28 heavy (non-hydrogen) atoms. The Morgan fingerprint density at radius 2 is 1.36 bits per heavy atom. The van der Waals surface area contributed by atoms with E-state index in [4.69, 9.17) is 9.53 Å². The number of hydrazine groups is 1. The summed E-state index contributed by atoms with van der Waals surface area (Å²) in [5, 5.41) is 10.3. The number of aliphatic carboxylic acids is 1. The van der Waals surface area contributed by atoms with Gasteiger partial charge in [-0.3, -0.25) is 20.4 Å². The van der Waals surface area contributed by atoms with Crippen molar-refractivity contribution < 1.29 is 23.9 Å². The van der Waals surface area contributed by atoms with Crippen molar-refractivity contribution >= 4 is 36.5 Å². The number of hydrogen-bond donors (Lipinski definition) is 3. The first-order valence-electron chi connectivity index (χ1n) is 8.75. The van der Waals surface area contributed by atoms with Crippen LogP contribution in [0.2, 0.25) is 5.04 Å². The monoisotopic (exact) mass is 400 g/mol. The summed E-state index contributed by atoms with van der Waals surface area (Å²) in [5.74, 6) is -3.64. The van der Waals surface area contributed by atoms with Crippen LogP contribution in [0.15, 0.2) is 60.7 Å². The molecule has 0 saturated heterocycles. The van der Waals surface area contributed by atoms with Crippen LogP contribution in [0.1, 0.15) is 20.8 Å². The van der Waals surface area contributed by atoms with E-state index in [0.717, 1.165) is 10.4 Å². The zero-order chi connectivity index (χ0) is 20.8. The Labute approximate surface area is 164 Å². The van der Waals surface area contributed by atoms with E-state index in [1.807, 2.05) is 66.1 Å². The number of carbonyl (C=O) groups is 3. The van der Waals surface area contributed by atoms with Crippen molar-refractivity contribution in [1.82, 2.24) is 10.9 Å². The lowest BCUT2D eigenvalue weighted by Gasteiger charge is -2.42. The minimum absolute atomic E-state index is 0.305. The quantitative estimate of drug-likeness (QED) is 0.391. The second-order valence-electron chi connectivity index (χ2n) is 7.26. The van der Waals surface area contributed by atoms with Gasteiger partial charge in [0, 0.05) is 0 Å². The summed E-state index contributed by atoms with van der Waals surface area (Å²) in [4.78, 5) is 33.8. The number of carboxylic acids is 1. The molecule has 0 bridgehead atoms. The van der Waals surface area contributed by atoms with E-state index in [0.29, 0.717) is 0 Å². The van der Waals surface area contributed by atoms with Gasteiger partial charge in [-0.25, -0.2) is 4.79 Å². The normalized spacial score (nSPS) is 11.5. The summed E-state index contributed by atoms with van der Waals surface area (Å²) in [7, 11) is -2.88. The fourth-order valence-corrected chi connectivity index (χ4v) is 7.65. The van der Waals surface area contributed by atoms with Gasteiger partial charge in [0.05, 0.1) is 0 Å². The molecule has 0 radical (unpaired) electrons. The molecule has 0 aromatic heterocycles. The summed E-state index contributed by atoms with van der Waals surface area (Å²) in [6.45, 7) is 5.89. The third-order valence-electron chi connectivity index (χ3n) is 4.35. The summed E-state index contributed by atoms with van der Waals surface area (Å²) < 4.78 is 6.35. The standard InChI is InChI=1S/C20H24N2O5Si/c1-20(2,3)28(15-10-6-4-7-11-15,16-12-8-5-9-13-16)27-14-17(23)21-22-18(24)19(25)26/h4-13H,14H2,1-3H3,(H,21,23)(H,22,24)(H,25,26). The average molecular weight is 401 g/mol. The highest BCUT2D eigenvalue weighted by atomic mass is 28.4. The van der Waals surface area contributed by atoms with Crippen LogP contribution in [0.25, 0.3) is 0 Å². The maximum atomic E-state index is 12.2. The summed E-state index contributed by atoms with van der Waals surface area (Å²) in [6, 6.07) is 19.6. The van der Waals surface area contributed by atoms with E-state index >= 15 is 0 Å². The molecule has 0 spiro atoms. The first kappa shape index (κ1) is 21.3. The molecule has 0 aliphatic rings. The highest BCUT2D eigenvalue weighted by Crippen LogP contribution is 2.36. The summed E-state index contributed by atoms with van der Waals surface area (Å²) in [6.07, 6.45) is 0. The topological polar surface area (TPSA) is 105 Å². The largest absolute Gasteiger partial charge is 0.474 e. The van der Waals surface area contributed by atoms with Crippen molar-refractivity contribution in [3.05, 3.63) is 60.7 Å². The van der Waals surface area contributed by atoms with Gasteiger partial charge in [-0.15, -0.1) is 0 Å². The number of nitrogens with one attached hydrogen (secondary N) is 2. The van der Waals surface area contributed by atoms with Crippen molar-refractivity contribution in [3.63, 3.8) is 0 Å². The van der Waals surface area contributed by atoms with E-state index in [2.05, 4.69) is 26.2 Å². The second-order valence-corrected chi connectivity index (χ2v) is 11.6. The lowest BCUT2D eigenvalue weighted by molar-refractivity contribution is -0.151. The first-order chi connectivity index (χ1) is 13.2. The zero-order valence-electron chi connectivity index (χ0n) is 16.1. The number of benzene rings is 2. The lowest BCUT2D eigenvalue weighted by Crippen LogP contribution is -2.67. The van der Waals surface area contributed by atoms with Crippen LogP contribution >= 0.6 is 0 Å². The van der Waals surface area contributed by atoms with Crippen LogP contribution in [0.3, 0.4) is 0 Å². The van der Waals surface area contributed by atoms with Gasteiger partial charge in [0.15, 0.2) is 0 Å². The maximum absolute atomic E-state index is 12.2. The Morgan fingerprint density at radius 3 is 1.75 bits per heavy atom. The van der Waals surface area contributed by atoms with E-state index in [1.165, 1.54) is 0 Å². The maximum Gasteiger partial charge on any atom is 0.396 e. The van der Waals surface area contributed by atoms with Crippen molar-refractivity contribution in [3.8, 4) is 0 Å². The molecule has 8 heteroatoms. The van der Waals surface area contributed by atoms with Crippen LogP contribution in [0.5, 0.6) is 0 Å². The molecule has 0 aliphatic carbocycles. The van der Waals surface area contributed by atoms with Gasteiger partial charge >= 0.3 is 11.9 Å². The molecule has 7 nitrogen and oxygen atoms in total. The van der Waals surface area contributed by atoms with E-state index in [1.54, 1.807) is 0 Å². The van der Waals surface area contributed by atoms with Crippen molar-refractivity contribution in [2.24, 2.45) is 0 Å². The molecular weight excluding hydrogens is 376 g/mol. The Balaban J connectivity index is 2.35. The molecule has 0 unspecified atom stereocenters. The molecule has 0 fully saturated rings.